The van der Waals surface area contributed by atoms with Crippen LogP contribution in [0, 0.1) is 0 Å². The molecule has 0 aromatic heterocycles. The molecule has 1 saturated heterocycles. The lowest BCUT2D eigenvalue weighted by molar-refractivity contribution is -0.178. The Morgan fingerprint density at radius 1 is 1.05 bits per heavy atom. The highest BCUT2D eigenvalue weighted by molar-refractivity contribution is 7.89. The number of hydrogen-bond donors (Lipinski definition) is 1. The topological polar surface area (TPSA) is 64.6 Å². The Hall–Kier alpha value is -0.950. The third kappa shape index (κ3) is 2.88. The average Bonchev–Trinajstić information content (AvgIpc) is 2.91. The van der Waals surface area contributed by atoms with Gasteiger partial charge in [-0.2, -0.15) is 0 Å². The smallest absolute Gasteiger partial charge is 0.240 e. The minimum absolute atomic E-state index is 0.0429. The molecule has 0 amide bonds. The highest BCUT2D eigenvalue weighted by Gasteiger charge is 2.41. The molecule has 1 aliphatic carbocycles. The number of ether oxygens (including phenoxy) is 2. The summed E-state index contributed by atoms with van der Waals surface area (Å²) in [7, 11) is -3.43. The minimum atomic E-state index is -3.43. The molecule has 2 fully saturated rings. The van der Waals surface area contributed by atoms with Crippen molar-refractivity contribution in [2.75, 3.05) is 13.2 Å². The quantitative estimate of drug-likeness (QED) is 0.921. The molecule has 1 N–H and O–H groups in total. The first-order chi connectivity index (χ1) is 9.60. The summed E-state index contributed by atoms with van der Waals surface area (Å²) in [6.45, 7) is 1.28. The zero-order valence-electron chi connectivity index (χ0n) is 11.2. The van der Waals surface area contributed by atoms with Crippen LogP contribution in [0.4, 0.5) is 0 Å². The molecule has 110 valence electrons. The molecule has 5 nitrogen and oxygen atoms in total. The molecule has 6 heteroatoms. The first-order valence-electron chi connectivity index (χ1n) is 6.95. The molecule has 1 aromatic rings. The predicted octanol–water partition coefficient (Wildman–Crippen LogP) is 1.65. The Labute approximate surface area is 119 Å². The Kier molecular flexibility index (Phi) is 3.81. The van der Waals surface area contributed by atoms with Gasteiger partial charge < -0.3 is 9.47 Å². The van der Waals surface area contributed by atoms with Crippen molar-refractivity contribution in [2.45, 2.75) is 42.4 Å². The third-order valence-electron chi connectivity index (χ3n) is 3.94. The van der Waals surface area contributed by atoms with Crippen molar-refractivity contribution in [1.82, 2.24) is 4.72 Å². The first kappa shape index (κ1) is 14.0. The summed E-state index contributed by atoms with van der Waals surface area (Å²) in [5, 5.41) is 0. The van der Waals surface area contributed by atoms with Gasteiger partial charge in [0.05, 0.1) is 18.1 Å². The van der Waals surface area contributed by atoms with Crippen molar-refractivity contribution in [3.05, 3.63) is 30.3 Å². The van der Waals surface area contributed by atoms with Crippen molar-refractivity contribution in [3.63, 3.8) is 0 Å². The molecule has 0 radical (unpaired) electrons. The maximum Gasteiger partial charge on any atom is 0.240 e. The molecule has 0 unspecified atom stereocenters. The van der Waals surface area contributed by atoms with E-state index >= 15 is 0 Å². The largest absolute Gasteiger partial charge is 0.348 e. The average molecular weight is 297 g/mol. The summed E-state index contributed by atoms with van der Waals surface area (Å²) in [4.78, 5) is 0.314. The van der Waals surface area contributed by atoms with E-state index in [2.05, 4.69) is 4.72 Å². The number of benzene rings is 1. The van der Waals surface area contributed by atoms with Gasteiger partial charge in [-0.25, -0.2) is 13.1 Å². The van der Waals surface area contributed by atoms with E-state index in [-0.39, 0.29) is 6.04 Å². The van der Waals surface area contributed by atoms with Gasteiger partial charge in [0.2, 0.25) is 10.0 Å². The van der Waals surface area contributed by atoms with Crippen LogP contribution >= 0.6 is 0 Å². The number of rotatable bonds is 3. The zero-order chi connectivity index (χ0) is 14.1. The van der Waals surface area contributed by atoms with Gasteiger partial charge in [0.1, 0.15) is 0 Å². The van der Waals surface area contributed by atoms with E-state index in [4.69, 9.17) is 9.47 Å². The van der Waals surface area contributed by atoms with Gasteiger partial charge in [-0.15, -0.1) is 0 Å². The van der Waals surface area contributed by atoms with E-state index < -0.39 is 15.8 Å². The zero-order valence-corrected chi connectivity index (χ0v) is 12.1. The molecule has 3 rings (SSSR count). The number of nitrogens with one attached hydrogen (secondary N) is 1. The first-order valence-corrected chi connectivity index (χ1v) is 8.43. The SMILES string of the molecule is O=S(=O)(NC1CCC2(CC1)OCCO2)c1ccccc1. The van der Waals surface area contributed by atoms with E-state index in [9.17, 15) is 8.42 Å². The fourth-order valence-electron chi connectivity index (χ4n) is 2.85. The van der Waals surface area contributed by atoms with E-state index in [0.29, 0.717) is 18.1 Å². The number of hydrogen-bond acceptors (Lipinski definition) is 4. The minimum Gasteiger partial charge on any atom is -0.348 e. The maximum absolute atomic E-state index is 12.2. The Bertz CT molecular complexity index is 542. The molecule has 1 aromatic carbocycles. The molecular weight excluding hydrogens is 278 g/mol. The lowest BCUT2D eigenvalue weighted by Gasteiger charge is -2.35. The van der Waals surface area contributed by atoms with E-state index in [1.807, 2.05) is 0 Å². The molecule has 0 bridgehead atoms. The van der Waals surface area contributed by atoms with Gasteiger partial charge in [0.25, 0.3) is 0 Å². The molecular formula is C14H19NO4S. The lowest BCUT2D eigenvalue weighted by atomic mass is 9.91. The Morgan fingerprint density at radius 2 is 1.65 bits per heavy atom. The van der Waals surface area contributed by atoms with Crippen molar-refractivity contribution >= 4 is 10.0 Å². The predicted molar refractivity (Wildman–Crippen MR) is 73.7 cm³/mol. The normalized spacial score (nSPS) is 23.2. The van der Waals surface area contributed by atoms with E-state index in [1.54, 1.807) is 30.3 Å². The van der Waals surface area contributed by atoms with E-state index in [0.717, 1.165) is 25.7 Å². The summed E-state index contributed by atoms with van der Waals surface area (Å²) in [6, 6.07) is 8.43. The summed E-state index contributed by atoms with van der Waals surface area (Å²) < 4.78 is 38.5. The molecule has 1 spiro atoms. The van der Waals surface area contributed by atoms with Crippen LogP contribution in [-0.2, 0) is 19.5 Å². The fraction of sp³-hybridized carbons (Fsp3) is 0.571. The second-order valence-corrected chi connectivity index (χ2v) is 7.03. The standard InChI is InChI=1S/C14H19NO4S/c16-20(17,13-4-2-1-3-5-13)15-12-6-8-14(9-7-12)18-10-11-19-14/h1-5,12,15H,6-11H2. The van der Waals surface area contributed by atoms with Crippen LogP contribution in [0.15, 0.2) is 35.2 Å². The summed E-state index contributed by atoms with van der Waals surface area (Å²) in [5.41, 5.74) is 0. The summed E-state index contributed by atoms with van der Waals surface area (Å²) in [6.07, 6.45) is 2.97. The molecule has 20 heavy (non-hydrogen) atoms. The van der Waals surface area contributed by atoms with Crippen LogP contribution in [0.2, 0.25) is 0 Å². The van der Waals surface area contributed by atoms with E-state index in [1.165, 1.54) is 0 Å². The van der Waals surface area contributed by atoms with Gasteiger partial charge in [-0.3, -0.25) is 0 Å². The van der Waals surface area contributed by atoms with Gasteiger partial charge in [-0.05, 0) is 25.0 Å². The molecule has 2 aliphatic rings. The van der Waals surface area contributed by atoms with Crippen LogP contribution in [0.1, 0.15) is 25.7 Å². The van der Waals surface area contributed by atoms with Crippen molar-refractivity contribution in [3.8, 4) is 0 Å². The fourth-order valence-corrected chi connectivity index (χ4v) is 4.17. The van der Waals surface area contributed by atoms with Gasteiger partial charge in [0, 0.05) is 18.9 Å². The van der Waals surface area contributed by atoms with Gasteiger partial charge in [0.15, 0.2) is 5.79 Å². The van der Waals surface area contributed by atoms with Crippen LogP contribution in [-0.4, -0.2) is 33.5 Å². The van der Waals surface area contributed by atoms with Gasteiger partial charge in [-0.1, -0.05) is 18.2 Å². The molecule has 1 saturated carbocycles. The van der Waals surface area contributed by atoms with Crippen LogP contribution in [0.25, 0.3) is 0 Å². The summed E-state index contributed by atoms with van der Waals surface area (Å²) >= 11 is 0. The van der Waals surface area contributed by atoms with Crippen LogP contribution in [0.5, 0.6) is 0 Å². The molecule has 1 heterocycles. The lowest BCUT2D eigenvalue weighted by Crippen LogP contribution is -2.43. The molecule has 1 aliphatic heterocycles. The summed E-state index contributed by atoms with van der Waals surface area (Å²) in [5.74, 6) is -0.450. The van der Waals surface area contributed by atoms with Crippen LogP contribution in [0.3, 0.4) is 0 Å². The third-order valence-corrected chi connectivity index (χ3v) is 5.47. The Balaban J connectivity index is 1.62. The van der Waals surface area contributed by atoms with Crippen molar-refractivity contribution in [2.24, 2.45) is 0 Å². The van der Waals surface area contributed by atoms with Crippen molar-refractivity contribution in [1.29, 1.82) is 0 Å². The monoisotopic (exact) mass is 297 g/mol. The second-order valence-electron chi connectivity index (χ2n) is 5.32. The maximum atomic E-state index is 12.2. The van der Waals surface area contributed by atoms with Crippen molar-refractivity contribution < 1.29 is 17.9 Å². The highest BCUT2D eigenvalue weighted by atomic mass is 32.2. The second kappa shape index (κ2) is 5.44. The van der Waals surface area contributed by atoms with Crippen LogP contribution < -0.4 is 4.72 Å². The number of sulfonamides is 1. The Morgan fingerprint density at radius 3 is 2.25 bits per heavy atom. The molecule has 0 atom stereocenters. The van der Waals surface area contributed by atoms with Gasteiger partial charge >= 0.3 is 0 Å². The highest BCUT2D eigenvalue weighted by Crippen LogP contribution is 2.36.